The van der Waals surface area contributed by atoms with Gasteiger partial charge in [0.25, 0.3) is 0 Å². The summed E-state index contributed by atoms with van der Waals surface area (Å²) in [6.07, 6.45) is 0.382. The van der Waals surface area contributed by atoms with Crippen LogP contribution in [-0.2, 0) is 11.3 Å². The van der Waals surface area contributed by atoms with Crippen LogP contribution in [0.15, 0.2) is 101 Å². The van der Waals surface area contributed by atoms with E-state index in [9.17, 15) is 4.79 Å². The highest BCUT2D eigenvalue weighted by molar-refractivity contribution is 7.12. The van der Waals surface area contributed by atoms with Crippen molar-refractivity contribution < 1.29 is 4.79 Å². The number of carbonyl (C=O) groups excluding carboxylic acids is 1. The first-order valence-corrected chi connectivity index (χ1v) is 11.9. The summed E-state index contributed by atoms with van der Waals surface area (Å²) in [4.78, 5) is 17.7. The molecule has 0 aliphatic heterocycles. The average Bonchev–Trinajstić information content (AvgIpc) is 3.40. The molecule has 0 radical (unpaired) electrons. The molecule has 0 saturated carbocycles. The fourth-order valence-electron chi connectivity index (χ4n) is 3.34. The minimum atomic E-state index is -0.0293. The van der Waals surface area contributed by atoms with Gasteiger partial charge in [0.05, 0.1) is 10.6 Å². The van der Waals surface area contributed by atoms with Crippen LogP contribution in [0.4, 0.5) is 22.7 Å². The van der Waals surface area contributed by atoms with Gasteiger partial charge in [0.1, 0.15) is 5.84 Å². The van der Waals surface area contributed by atoms with E-state index in [0.29, 0.717) is 25.3 Å². The molecule has 4 rings (SSSR count). The number of nitrogens with zero attached hydrogens (tertiary/aromatic N) is 1. The second-order valence-electron chi connectivity index (χ2n) is 7.69. The second kappa shape index (κ2) is 11.8. The molecule has 0 fully saturated rings. The van der Waals surface area contributed by atoms with Gasteiger partial charge in [-0.2, -0.15) is 0 Å². The van der Waals surface area contributed by atoms with Gasteiger partial charge in [0.2, 0.25) is 5.91 Å². The molecule has 1 aromatic heterocycles. The molecule has 0 bridgehead atoms. The number of nitrogens with one attached hydrogen (secondary N) is 3. The Morgan fingerprint density at radius 3 is 2.38 bits per heavy atom. The van der Waals surface area contributed by atoms with Gasteiger partial charge in [0, 0.05) is 36.6 Å². The van der Waals surface area contributed by atoms with Crippen LogP contribution < -0.4 is 21.7 Å². The molecule has 1 amide bonds. The van der Waals surface area contributed by atoms with Gasteiger partial charge in [0.15, 0.2) is 0 Å². The highest BCUT2D eigenvalue weighted by Crippen LogP contribution is 2.19. The molecule has 0 aliphatic rings. The fourth-order valence-corrected chi connectivity index (χ4v) is 3.96. The first-order chi connectivity index (χ1) is 16.7. The number of benzene rings is 3. The number of anilines is 3. The maximum atomic E-state index is 12.3. The van der Waals surface area contributed by atoms with Gasteiger partial charge in [-0.15, -0.1) is 11.3 Å². The van der Waals surface area contributed by atoms with Crippen molar-refractivity contribution in [3.05, 3.63) is 107 Å². The van der Waals surface area contributed by atoms with Crippen LogP contribution in [0.3, 0.4) is 0 Å². The topological polar surface area (TPSA) is 91.5 Å². The molecular formula is C27H27N5OS. The lowest BCUT2D eigenvalue weighted by molar-refractivity contribution is -0.116. The molecule has 172 valence electrons. The summed E-state index contributed by atoms with van der Waals surface area (Å²) < 4.78 is 0. The van der Waals surface area contributed by atoms with Crippen molar-refractivity contribution >= 4 is 45.8 Å². The Bertz CT molecular complexity index is 1220. The first-order valence-electron chi connectivity index (χ1n) is 11.1. The van der Waals surface area contributed by atoms with Crippen LogP contribution in [0.2, 0.25) is 0 Å². The number of hydrogen-bond donors (Lipinski definition) is 4. The number of carbonyl (C=O) groups is 1. The Kier molecular flexibility index (Phi) is 8.05. The zero-order chi connectivity index (χ0) is 23.6. The van der Waals surface area contributed by atoms with Crippen molar-refractivity contribution in [3.63, 3.8) is 0 Å². The van der Waals surface area contributed by atoms with Gasteiger partial charge in [-0.1, -0.05) is 36.4 Å². The molecule has 0 saturated heterocycles. The zero-order valence-corrected chi connectivity index (χ0v) is 19.5. The SMILES string of the molecule is NC(=Nc1cccc(CNCCC(=O)Nc2ccc(Nc3ccccc3)cc2)c1)c1cccs1. The summed E-state index contributed by atoms with van der Waals surface area (Å²) in [5.41, 5.74) is 10.7. The van der Waals surface area contributed by atoms with E-state index in [4.69, 9.17) is 5.73 Å². The third-order valence-electron chi connectivity index (χ3n) is 5.02. The van der Waals surface area contributed by atoms with E-state index in [1.807, 2.05) is 96.4 Å². The van der Waals surface area contributed by atoms with Crippen LogP contribution in [0.5, 0.6) is 0 Å². The Balaban J connectivity index is 1.20. The fraction of sp³-hybridized carbons (Fsp3) is 0.111. The van der Waals surface area contributed by atoms with Gasteiger partial charge in [-0.05, 0) is 65.5 Å². The summed E-state index contributed by atoms with van der Waals surface area (Å²) in [5, 5.41) is 11.6. The summed E-state index contributed by atoms with van der Waals surface area (Å²) in [7, 11) is 0. The van der Waals surface area contributed by atoms with Crippen molar-refractivity contribution in [3.8, 4) is 0 Å². The maximum Gasteiger partial charge on any atom is 0.225 e. The lowest BCUT2D eigenvalue weighted by Gasteiger charge is -2.09. The van der Waals surface area contributed by atoms with E-state index in [2.05, 4.69) is 20.9 Å². The van der Waals surface area contributed by atoms with Crippen LogP contribution in [-0.4, -0.2) is 18.3 Å². The quantitative estimate of drug-likeness (QED) is 0.137. The zero-order valence-electron chi connectivity index (χ0n) is 18.7. The molecule has 3 aromatic carbocycles. The Morgan fingerprint density at radius 1 is 0.853 bits per heavy atom. The minimum absolute atomic E-state index is 0.0293. The number of nitrogens with two attached hydrogens (primary N) is 1. The van der Waals surface area contributed by atoms with Gasteiger partial charge >= 0.3 is 0 Å². The van der Waals surface area contributed by atoms with Gasteiger partial charge in [-0.25, -0.2) is 4.99 Å². The van der Waals surface area contributed by atoms with E-state index >= 15 is 0 Å². The number of amidine groups is 1. The highest BCUT2D eigenvalue weighted by atomic mass is 32.1. The van der Waals surface area contributed by atoms with Crippen LogP contribution in [0.25, 0.3) is 0 Å². The van der Waals surface area contributed by atoms with Gasteiger partial charge in [-0.3, -0.25) is 4.79 Å². The molecule has 0 unspecified atom stereocenters. The normalized spacial score (nSPS) is 11.2. The number of para-hydroxylation sites is 1. The smallest absolute Gasteiger partial charge is 0.225 e. The summed E-state index contributed by atoms with van der Waals surface area (Å²) in [6.45, 7) is 1.22. The second-order valence-corrected chi connectivity index (χ2v) is 8.64. The Morgan fingerprint density at radius 2 is 1.62 bits per heavy atom. The molecule has 7 heteroatoms. The first kappa shape index (κ1) is 23.2. The van der Waals surface area contributed by atoms with E-state index in [-0.39, 0.29) is 5.91 Å². The van der Waals surface area contributed by atoms with Crippen molar-refractivity contribution in [2.24, 2.45) is 10.7 Å². The number of amides is 1. The molecule has 5 N–H and O–H groups in total. The van der Waals surface area contributed by atoms with Crippen LogP contribution in [0, 0.1) is 0 Å². The number of rotatable bonds is 10. The van der Waals surface area contributed by atoms with E-state index in [1.165, 1.54) is 0 Å². The van der Waals surface area contributed by atoms with Gasteiger partial charge < -0.3 is 21.7 Å². The molecular weight excluding hydrogens is 442 g/mol. The van der Waals surface area contributed by atoms with Crippen LogP contribution >= 0.6 is 11.3 Å². The molecule has 0 spiro atoms. The number of hydrogen-bond acceptors (Lipinski definition) is 5. The molecule has 0 aliphatic carbocycles. The molecule has 4 aromatic rings. The lowest BCUT2D eigenvalue weighted by Crippen LogP contribution is -2.21. The third kappa shape index (κ3) is 7.03. The summed E-state index contributed by atoms with van der Waals surface area (Å²) in [5.74, 6) is 0.485. The lowest BCUT2D eigenvalue weighted by atomic mass is 10.2. The minimum Gasteiger partial charge on any atom is -0.383 e. The molecule has 6 nitrogen and oxygen atoms in total. The van der Waals surface area contributed by atoms with Crippen LogP contribution in [0.1, 0.15) is 16.9 Å². The standard InChI is InChI=1S/C27H27N5OS/c28-27(25-10-5-17-34-25)32-24-9-4-6-20(18-24)19-29-16-15-26(33)31-23-13-11-22(12-14-23)30-21-7-2-1-3-8-21/h1-14,17-18,29-30H,15-16,19H2,(H2,28,32)(H,31,33). The van der Waals surface area contributed by atoms with E-state index in [1.54, 1.807) is 11.3 Å². The summed E-state index contributed by atoms with van der Waals surface area (Å²) >= 11 is 1.57. The number of aliphatic imine (C=N–C) groups is 1. The predicted octanol–water partition coefficient (Wildman–Crippen LogP) is 5.65. The van der Waals surface area contributed by atoms with E-state index < -0.39 is 0 Å². The monoisotopic (exact) mass is 469 g/mol. The van der Waals surface area contributed by atoms with Crippen molar-refractivity contribution in [1.82, 2.24) is 5.32 Å². The number of thiophene rings is 1. The van der Waals surface area contributed by atoms with Crippen molar-refractivity contribution in [2.45, 2.75) is 13.0 Å². The average molecular weight is 470 g/mol. The predicted molar refractivity (Wildman–Crippen MR) is 142 cm³/mol. The molecule has 1 heterocycles. The maximum absolute atomic E-state index is 12.3. The van der Waals surface area contributed by atoms with E-state index in [0.717, 1.165) is 33.2 Å². The highest BCUT2D eigenvalue weighted by Gasteiger charge is 2.04. The molecule has 34 heavy (non-hydrogen) atoms. The Hall–Kier alpha value is -3.94. The van der Waals surface area contributed by atoms with Crippen molar-refractivity contribution in [1.29, 1.82) is 0 Å². The summed E-state index contributed by atoms with van der Waals surface area (Å²) in [6, 6.07) is 29.5. The largest absolute Gasteiger partial charge is 0.383 e. The Labute approximate surface area is 203 Å². The molecule has 0 atom stereocenters. The van der Waals surface area contributed by atoms with Crippen molar-refractivity contribution in [2.75, 3.05) is 17.2 Å². The third-order valence-corrected chi connectivity index (χ3v) is 5.92.